The number of amides is 3. The van der Waals surface area contributed by atoms with Crippen molar-refractivity contribution in [3.05, 3.63) is 34.4 Å². The first-order valence-corrected chi connectivity index (χ1v) is 6.82. The highest BCUT2D eigenvalue weighted by Crippen LogP contribution is 2.34. The molecule has 21 heavy (non-hydrogen) atoms. The number of nitro groups is 1. The summed E-state index contributed by atoms with van der Waals surface area (Å²) < 4.78 is 0. The van der Waals surface area contributed by atoms with Crippen LogP contribution >= 0.6 is 0 Å². The number of nitro benzene ring substituents is 1. The van der Waals surface area contributed by atoms with Crippen molar-refractivity contribution < 1.29 is 14.5 Å². The van der Waals surface area contributed by atoms with Gasteiger partial charge in [-0.05, 0) is 18.9 Å². The van der Waals surface area contributed by atoms with Gasteiger partial charge in [-0.2, -0.15) is 0 Å². The van der Waals surface area contributed by atoms with Gasteiger partial charge < -0.3 is 5.32 Å². The zero-order chi connectivity index (χ0) is 15.6. The van der Waals surface area contributed by atoms with E-state index >= 15 is 0 Å². The van der Waals surface area contributed by atoms with E-state index in [-0.39, 0.29) is 17.3 Å². The molecule has 0 saturated carbocycles. The second-order valence-corrected chi connectivity index (χ2v) is 5.06. The Morgan fingerprint density at radius 2 is 2.00 bits per heavy atom. The minimum atomic E-state index is -0.654. The largest absolute Gasteiger partial charge is 0.336 e. The molecule has 112 valence electrons. The maximum atomic E-state index is 12.7. The maximum Gasteiger partial charge on any atom is 0.328 e. The van der Waals surface area contributed by atoms with Crippen LogP contribution in [0.4, 0.5) is 16.2 Å². The molecule has 0 spiro atoms. The molecule has 1 aliphatic heterocycles. The van der Waals surface area contributed by atoms with E-state index < -0.39 is 16.4 Å². The normalized spacial score (nSPS) is 17.5. The molecule has 7 heteroatoms. The van der Waals surface area contributed by atoms with Crippen molar-refractivity contribution in [2.24, 2.45) is 5.41 Å². The Kier molecular flexibility index (Phi) is 3.93. The van der Waals surface area contributed by atoms with Crippen LogP contribution in [0.5, 0.6) is 0 Å². The molecule has 7 nitrogen and oxygen atoms in total. The molecule has 0 aromatic heterocycles. The first-order valence-electron chi connectivity index (χ1n) is 6.82. The molecule has 1 aliphatic rings. The summed E-state index contributed by atoms with van der Waals surface area (Å²) in [5, 5.41) is 13.5. The number of nitrogens with one attached hydrogen (secondary N) is 1. The monoisotopic (exact) mass is 291 g/mol. The van der Waals surface area contributed by atoms with Crippen LogP contribution in [0.15, 0.2) is 24.3 Å². The van der Waals surface area contributed by atoms with Gasteiger partial charge in [-0.25, -0.2) is 9.69 Å². The molecular formula is C14H17N3O4. The Labute approximate surface area is 122 Å². The third-order valence-corrected chi connectivity index (χ3v) is 4.09. The summed E-state index contributed by atoms with van der Waals surface area (Å²) in [4.78, 5) is 36.0. The molecule has 1 aromatic carbocycles. The van der Waals surface area contributed by atoms with Gasteiger partial charge in [0, 0.05) is 18.7 Å². The first kappa shape index (κ1) is 15.0. The molecule has 0 atom stereocenters. The van der Waals surface area contributed by atoms with E-state index in [1.54, 1.807) is 0 Å². The summed E-state index contributed by atoms with van der Waals surface area (Å²) in [6.45, 7) is 4.08. The van der Waals surface area contributed by atoms with Gasteiger partial charge in [0.25, 0.3) is 5.69 Å². The summed E-state index contributed by atoms with van der Waals surface area (Å²) >= 11 is 0. The molecule has 0 radical (unpaired) electrons. The minimum Gasteiger partial charge on any atom is -0.336 e. The van der Waals surface area contributed by atoms with Crippen LogP contribution in [0.2, 0.25) is 0 Å². The summed E-state index contributed by atoms with van der Waals surface area (Å²) in [5.41, 5.74) is -0.589. The van der Waals surface area contributed by atoms with Crippen molar-refractivity contribution in [2.75, 3.05) is 11.4 Å². The van der Waals surface area contributed by atoms with Gasteiger partial charge in [0.15, 0.2) is 0 Å². The number of anilines is 1. The lowest BCUT2D eigenvalue weighted by molar-refractivity contribution is -0.384. The van der Waals surface area contributed by atoms with Crippen molar-refractivity contribution in [1.82, 2.24) is 5.32 Å². The van der Waals surface area contributed by atoms with Crippen LogP contribution in [-0.2, 0) is 4.79 Å². The predicted molar refractivity (Wildman–Crippen MR) is 77.0 cm³/mol. The zero-order valence-corrected chi connectivity index (χ0v) is 12.0. The quantitative estimate of drug-likeness (QED) is 0.681. The number of non-ortho nitro benzene ring substituents is 1. The lowest BCUT2D eigenvalue weighted by atomic mass is 9.79. The van der Waals surface area contributed by atoms with Crippen LogP contribution in [0.25, 0.3) is 0 Å². The summed E-state index contributed by atoms with van der Waals surface area (Å²) in [7, 11) is 0. The standard InChI is InChI=1S/C14H17N3O4/c1-3-14(4-2)9-15-13(19)16(12(14)18)10-6-5-7-11(8-10)17(20)21/h5-8H,3-4,9H2,1-2H3,(H,15,19). The van der Waals surface area contributed by atoms with Gasteiger partial charge >= 0.3 is 6.03 Å². The lowest BCUT2D eigenvalue weighted by Gasteiger charge is -2.39. The lowest BCUT2D eigenvalue weighted by Crippen LogP contribution is -2.60. The molecule has 2 rings (SSSR count). The number of carbonyl (C=O) groups is 2. The smallest absolute Gasteiger partial charge is 0.328 e. The van der Waals surface area contributed by atoms with Gasteiger partial charge in [-0.15, -0.1) is 0 Å². The number of nitrogens with zero attached hydrogens (tertiary/aromatic N) is 2. The van der Waals surface area contributed by atoms with E-state index in [1.807, 2.05) is 13.8 Å². The third kappa shape index (κ3) is 2.46. The molecule has 0 bridgehead atoms. The van der Waals surface area contributed by atoms with E-state index in [0.29, 0.717) is 19.4 Å². The van der Waals surface area contributed by atoms with E-state index in [9.17, 15) is 19.7 Å². The number of hydrogen-bond donors (Lipinski definition) is 1. The molecule has 3 amide bonds. The van der Waals surface area contributed by atoms with E-state index in [0.717, 1.165) is 4.90 Å². The Morgan fingerprint density at radius 3 is 2.57 bits per heavy atom. The second kappa shape index (κ2) is 5.51. The average molecular weight is 291 g/mol. The molecule has 1 heterocycles. The van der Waals surface area contributed by atoms with Gasteiger partial charge in [0.05, 0.1) is 16.0 Å². The average Bonchev–Trinajstić information content (AvgIpc) is 2.49. The van der Waals surface area contributed by atoms with Crippen LogP contribution < -0.4 is 10.2 Å². The van der Waals surface area contributed by atoms with Crippen molar-refractivity contribution in [3.63, 3.8) is 0 Å². The van der Waals surface area contributed by atoms with Gasteiger partial charge in [-0.1, -0.05) is 19.9 Å². The Hall–Kier alpha value is -2.44. The Balaban J connectivity index is 2.45. The van der Waals surface area contributed by atoms with Crippen molar-refractivity contribution in [1.29, 1.82) is 0 Å². The molecule has 0 unspecified atom stereocenters. The Bertz CT molecular complexity index is 596. The Morgan fingerprint density at radius 1 is 1.33 bits per heavy atom. The van der Waals surface area contributed by atoms with Crippen LogP contribution in [0.3, 0.4) is 0 Å². The van der Waals surface area contributed by atoms with Crippen molar-refractivity contribution in [2.45, 2.75) is 26.7 Å². The fourth-order valence-corrected chi connectivity index (χ4v) is 2.51. The number of rotatable bonds is 4. The maximum absolute atomic E-state index is 12.7. The predicted octanol–water partition coefficient (Wildman–Crippen LogP) is 2.46. The molecule has 0 aliphatic carbocycles. The number of benzene rings is 1. The van der Waals surface area contributed by atoms with Gasteiger partial charge in [-0.3, -0.25) is 14.9 Å². The fourth-order valence-electron chi connectivity index (χ4n) is 2.51. The molecular weight excluding hydrogens is 274 g/mol. The molecule has 1 fully saturated rings. The number of hydrogen-bond acceptors (Lipinski definition) is 4. The highest BCUT2D eigenvalue weighted by Gasteiger charge is 2.45. The van der Waals surface area contributed by atoms with E-state index in [2.05, 4.69) is 5.32 Å². The highest BCUT2D eigenvalue weighted by atomic mass is 16.6. The van der Waals surface area contributed by atoms with Crippen LogP contribution in [0.1, 0.15) is 26.7 Å². The molecule has 1 saturated heterocycles. The summed E-state index contributed by atoms with van der Waals surface area (Å²) in [6.07, 6.45) is 1.18. The van der Waals surface area contributed by atoms with E-state index in [1.165, 1.54) is 24.3 Å². The minimum absolute atomic E-state index is 0.155. The number of carbonyl (C=O) groups excluding carboxylic acids is 2. The van der Waals surface area contributed by atoms with Gasteiger partial charge in [0.2, 0.25) is 5.91 Å². The van der Waals surface area contributed by atoms with Crippen molar-refractivity contribution in [3.8, 4) is 0 Å². The third-order valence-electron chi connectivity index (χ3n) is 4.09. The molecule has 1 aromatic rings. The topological polar surface area (TPSA) is 92.6 Å². The van der Waals surface area contributed by atoms with Gasteiger partial charge in [0.1, 0.15) is 0 Å². The zero-order valence-electron chi connectivity index (χ0n) is 12.0. The SMILES string of the molecule is CCC1(CC)CNC(=O)N(c2cccc([N+](=O)[O-])c2)C1=O. The number of urea groups is 1. The highest BCUT2D eigenvalue weighted by molar-refractivity contribution is 6.18. The van der Waals surface area contributed by atoms with Crippen molar-refractivity contribution >= 4 is 23.3 Å². The number of imide groups is 1. The fraction of sp³-hybridized carbons (Fsp3) is 0.429. The molecule has 1 N–H and O–H groups in total. The first-order chi connectivity index (χ1) is 9.95. The van der Waals surface area contributed by atoms with E-state index in [4.69, 9.17) is 0 Å². The van der Waals surface area contributed by atoms with Crippen LogP contribution in [0, 0.1) is 15.5 Å². The van der Waals surface area contributed by atoms with Crippen LogP contribution in [-0.4, -0.2) is 23.4 Å². The summed E-state index contributed by atoms with van der Waals surface area (Å²) in [6, 6.07) is 4.99. The summed E-state index contributed by atoms with van der Waals surface area (Å²) in [5.74, 6) is -0.309. The second-order valence-electron chi connectivity index (χ2n) is 5.06.